The smallest absolute Gasteiger partial charge is 0.0180 e. The van der Waals surface area contributed by atoms with Crippen LogP contribution < -0.4 is 5.73 Å². The molecule has 0 radical (unpaired) electrons. The summed E-state index contributed by atoms with van der Waals surface area (Å²) in [6, 6.07) is 0. The van der Waals surface area contributed by atoms with Crippen molar-refractivity contribution < 1.29 is 0 Å². The third kappa shape index (κ3) is 8.19. The van der Waals surface area contributed by atoms with Crippen molar-refractivity contribution in [3.63, 3.8) is 0 Å². The minimum absolute atomic E-state index is 0.629. The third-order valence-corrected chi connectivity index (χ3v) is 1.94. The van der Waals surface area contributed by atoms with E-state index in [9.17, 15) is 0 Å². The average Bonchev–Trinajstić information content (AvgIpc) is 2.31. The minimum atomic E-state index is 0.629. The molecule has 0 aromatic heterocycles. The molecule has 1 nitrogen and oxygen atoms in total. The Hall–Kier alpha value is -0.820. The zero-order chi connectivity index (χ0) is 12.1. The lowest BCUT2D eigenvalue weighted by molar-refractivity contribution is 1.06. The molecule has 0 amide bonds. The van der Waals surface area contributed by atoms with Crippen molar-refractivity contribution >= 4 is 0 Å². The van der Waals surface area contributed by atoms with E-state index in [-0.39, 0.29) is 0 Å². The van der Waals surface area contributed by atoms with Crippen LogP contribution in [0.25, 0.3) is 0 Å². The first-order valence-corrected chi connectivity index (χ1v) is 6.01. The lowest BCUT2D eigenvalue weighted by atomic mass is 10.0. The third-order valence-electron chi connectivity index (χ3n) is 1.94. The first-order valence-electron chi connectivity index (χ1n) is 6.01. The second-order valence-electron chi connectivity index (χ2n) is 2.92. The summed E-state index contributed by atoms with van der Waals surface area (Å²) in [7, 11) is 0. The Kier molecular flexibility index (Phi) is 14.6. The molecule has 0 unspecified atom stereocenters. The van der Waals surface area contributed by atoms with E-state index in [1.807, 2.05) is 20.8 Å². The fourth-order valence-electron chi connectivity index (χ4n) is 1.22. The van der Waals surface area contributed by atoms with E-state index < -0.39 is 0 Å². The monoisotopic (exact) mass is 209 g/mol. The molecule has 0 fully saturated rings. The molecular formula is C14H27N. The van der Waals surface area contributed by atoms with Crippen molar-refractivity contribution in [2.45, 2.75) is 47.5 Å². The normalized spacial score (nSPS) is 12.7. The topological polar surface area (TPSA) is 26.0 Å². The SMILES string of the molecule is CC.C\C=C/C(CC)=C(\C=C/CC)CN. The fourth-order valence-corrected chi connectivity index (χ4v) is 1.22. The summed E-state index contributed by atoms with van der Waals surface area (Å²) in [5.74, 6) is 0. The number of hydrogen-bond acceptors (Lipinski definition) is 1. The predicted octanol–water partition coefficient (Wildman–Crippen LogP) is 4.22. The molecule has 0 saturated carbocycles. The lowest BCUT2D eigenvalue weighted by Crippen LogP contribution is -2.03. The first-order chi connectivity index (χ1) is 7.29. The Bertz CT molecular complexity index is 209. The van der Waals surface area contributed by atoms with Gasteiger partial charge >= 0.3 is 0 Å². The van der Waals surface area contributed by atoms with Gasteiger partial charge in [-0.25, -0.2) is 0 Å². The summed E-state index contributed by atoms with van der Waals surface area (Å²) in [5, 5.41) is 0. The van der Waals surface area contributed by atoms with E-state index in [4.69, 9.17) is 5.73 Å². The summed E-state index contributed by atoms with van der Waals surface area (Å²) in [5.41, 5.74) is 8.27. The average molecular weight is 209 g/mol. The van der Waals surface area contributed by atoms with Crippen LogP contribution in [0.5, 0.6) is 0 Å². The largest absolute Gasteiger partial charge is 0.326 e. The molecule has 0 bridgehead atoms. The Balaban J connectivity index is 0. The quantitative estimate of drug-likeness (QED) is 0.674. The fraction of sp³-hybridized carbons (Fsp3) is 0.571. The van der Waals surface area contributed by atoms with Crippen LogP contribution in [0.3, 0.4) is 0 Å². The van der Waals surface area contributed by atoms with E-state index in [0.717, 1.165) is 12.8 Å². The van der Waals surface area contributed by atoms with Crippen LogP contribution in [0.1, 0.15) is 47.5 Å². The summed E-state index contributed by atoms with van der Waals surface area (Å²) in [6.07, 6.45) is 10.6. The molecule has 0 aliphatic rings. The van der Waals surface area contributed by atoms with Gasteiger partial charge in [-0.15, -0.1) is 0 Å². The summed E-state index contributed by atoms with van der Waals surface area (Å²) < 4.78 is 0. The van der Waals surface area contributed by atoms with Gasteiger partial charge in [0, 0.05) is 6.54 Å². The van der Waals surface area contributed by atoms with Crippen molar-refractivity contribution in [1.29, 1.82) is 0 Å². The van der Waals surface area contributed by atoms with Crippen molar-refractivity contribution in [3.8, 4) is 0 Å². The summed E-state index contributed by atoms with van der Waals surface area (Å²) >= 11 is 0. The standard InChI is InChI=1S/C12H21N.C2H6/c1-4-7-9-12(10-13)11(6-3)8-5-2;1-2/h5,7-9H,4,6,10,13H2,1-3H3;1-2H3/b8-5-,9-7-,12-11+;. The van der Waals surface area contributed by atoms with Gasteiger partial charge in [-0.2, -0.15) is 0 Å². The molecule has 88 valence electrons. The molecule has 1 heteroatoms. The van der Waals surface area contributed by atoms with Crippen molar-refractivity contribution in [2.75, 3.05) is 6.54 Å². The highest BCUT2D eigenvalue weighted by molar-refractivity contribution is 5.33. The Morgan fingerprint density at radius 1 is 1.07 bits per heavy atom. The molecule has 0 aromatic carbocycles. The first kappa shape index (κ1) is 16.6. The number of nitrogens with two attached hydrogens (primary N) is 1. The molecule has 0 aliphatic heterocycles. The van der Waals surface area contributed by atoms with Crippen molar-refractivity contribution in [3.05, 3.63) is 35.5 Å². The Morgan fingerprint density at radius 3 is 2.00 bits per heavy atom. The van der Waals surface area contributed by atoms with Crippen LogP contribution in [0.15, 0.2) is 35.5 Å². The second-order valence-corrected chi connectivity index (χ2v) is 2.92. The second kappa shape index (κ2) is 13.2. The highest BCUT2D eigenvalue weighted by atomic mass is 14.5. The predicted molar refractivity (Wildman–Crippen MR) is 72.0 cm³/mol. The van der Waals surface area contributed by atoms with Gasteiger partial charge in [0.2, 0.25) is 0 Å². The molecule has 0 rings (SSSR count). The van der Waals surface area contributed by atoms with Crippen LogP contribution in [0, 0.1) is 0 Å². The highest BCUT2D eigenvalue weighted by Crippen LogP contribution is 2.11. The van der Waals surface area contributed by atoms with E-state index >= 15 is 0 Å². The number of allylic oxidation sites excluding steroid dienone is 4. The zero-order valence-electron chi connectivity index (χ0n) is 11.0. The van der Waals surface area contributed by atoms with E-state index in [1.54, 1.807) is 0 Å². The van der Waals surface area contributed by atoms with E-state index in [1.165, 1.54) is 11.1 Å². The summed E-state index contributed by atoms with van der Waals surface area (Å²) in [4.78, 5) is 0. The zero-order valence-corrected chi connectivity index (χ0v) is 11.0. The van der Waals surface area contributed by atoms with Gasteiger partial charge in [0.25, 0.3) is 0 Å². The van der Waals surface area contributed by atoms with Crippen LogP contribution >= 0.6 is 0 Å². The molecule has 0 atom stereocenters. The summed E-state index contributed by atoms with van der Waals surface area (Å²) in [6.45, 7) is 11.0. The van der Waals surface area contributed by atoms with E-state index in [0.29, 0.717) is 6.54 Å². The lowest BCUT2D eigenvalue weighted by Gasteiger charge is -2.04. The van der Waals surface area contributed by atoms with Gasteiger partial charge in [-0.05, 0) is 30.9 Å². The maximum Gasteiger partial charge on any atom is 0.0180 e. The van der Waals surface area contributed by atoms with Crippen LogP contribution in [0.2, 0.25) is 0 Å². The van der Waals surface area contributed by atoms with Gasteiger partial charge in [0.15, 0.2) is 0 Å². The van der Waals surface area contributed by atoms with Crippen molar-refractivity contribution in [1.82, 2.24) is 0 Å². The molecule has 0 saturated heterocycles. The number of rotatable bonds is 5. The number of hydrogen-bond donors (Lipinski definition) is 1. The maximum atomic E-state index is 5.68. The van der Waals surface area contributed by atoms with Gasteiger partial charge in [-0.1, -0.05) is 52.0 Å². The Morgan fingerprint density at radius 2 is 1.67 bits per heavy atom. The molecule has 0 heterocycles. The van der Waals surface area contributed by atoms with Crippen LogP contribution in [-0.2, 0) is 0 Å². The molecular weight excluding hydrogens is 182 g/mol. The Labute approximate surface area is 95.8 Å². The van der Waals surface area contributed by atoms with Gasteiger partial charge in [0.05, 0.1) is 0 Å². The maximum absolute atomic E-state index is 5.68. The van der Waals surface area contributed by atoms with E-state index in [2.05, 4.69) is 38.2 Å². The van der Waals surface area contributed by atoms with Crippen LogP contribution in [-0.4, -0.2) is 6.54 Å². The van der Waals surface area contributed by atoms with Gasteiger partial charge in [0.1, 0.15) is 0 Å². The minimum Gasteiger partial charge on any atom is -0.326 e. The van der Waals surface area contributed by atoms with Gasteiger partial charge < -0.3 is 5.73 Å². The van der Waals surface area contributed by atoms with Crippen LogP contribution in [0.4, 0.5) is 0 Å². The molecule has 2 N–H and O–H groups in total. The van der Waals surface area contributed by atoms with Crippen molar-refractivity contribution in [2.24, 2.45) is 5.73 Å². The molecule has 15 heavy (non-hydrogen) atoms. The van der Waals surface area contributed by atoms with Gasteiger partial charge in [-0.3, -0.25) is 0 Å². The molecule has 0 spiro atoms. The molecule has 0 aliphatic carbocycles. The molecule has 0 aromatic rings. The highest BCUT2D eigenvalue weighted by Gasteiger charge is 1.95.